The Kier molecular flexibility index (Phi) is 9.22. The third-order valence-corrected chi connectivity index (χ3v) is 5.87. The number of ether oxygens (including phenoxy) is 2. The van der Waals surface area contributed by atoms with Gasteiger partial charge in [-0.3, -0.25) is 4.79 Å². The number of carbonyl (C=O) groups is 1. The summed E-state index contributed by atoms with van der Waals surface area (Å²) in [7, 11) is 5.37. The first-order valence-corrected chi connectivity index (χ1v) is 10.6. The maximum absolute atomic E-state index is 13.0. The number of likely N-dealkylation sites (tertiary alicyclic amines) is 1. The van der Waals surface area contributed by atoms with Gasteiger partial charge in [-0.05, 0) is 55.9 Å². The molecule has 1 aliphatic rings. The van der Waals surface area contributed by atoms with Crippen LogP contribution < -0.4 is 9.47 Å². The van der Waals surface area contributed by atoms with Crippen LogP contribution >= 0.6 is 12.4 Å². The highest BCUT2D eigenvalue weighted by Gasteiger charge is 2.44. The minimum atomic E-state index is -4.79. The second-order valence-corrected chi connectivity index (χ2v) is 8.58. The lowest BCUT2D eigenvalue weighted by Gasteiger charge is -2.46. The van der Waals surface area contributed by atoms with Crippen molar-refractivity contribution in [3.8, 4) is 11.5 Å². The van der Waals surface area contributed by atoms with Gasteiger partial charge in [0.2, 0.25) is 5.91 Å². The van der Waals surface area contributed by atoms with Crippen LogP contribution in [0.5, 0.6) is 11.5 Å². The van der Waals surface area contributed by atoms with Gasteiger partial charge in [-0.15, -0.1) is 25.6 Å². The Hall–Kier alpha value is -2.49. The van der Waals surface area contributed by atoms with Crippen molar-refractivity contribution in [2.24, 2.45) is 5.92 Å². The molecule has 34 heavy (non-hydrogen) atoms. The number of alkyl halides is 3. The molecule has 0 aromatic heterocycles. The highest BCUT2D eigenvalue weighted by atomic mass is 35.5. The summed E-state index contributed by atoms with van der Waals surface area (Å²) in [5, 5.41) is 11.7. The van der Waals surface area contributed by atoms with Gasteiger partial charge in [-0.25, -0.2) is 0 Å². The van der Waals surface area contributed by atoms with Crippen molar-refractivity contribution < 1.29 is 32.5 Å². The molecule has 188 valence electrons. The predicted molar refractivity (Wildman–Crippen MR) is 124 cm³/mol. The molecule has 6 nitrogen and oxygen atoms in total. The summed E-state index contributed by atoms with van der Waals surface area (Å²) in [5.41, 5.74) is 0.0214. The molecule has 2 aromatic rings. The summed E-state index contributed by atoms with van der Waals surface area (Å²) in [6.45, 7) is 1.20. The number of piperidine rings is 1. The number of benzene rings is 2. The highest BCUT2D eigenvalue weighted by Crippen LogP contribution is 2.39. The number of halogens is 4. The highest BCUT2D eigenvalue weighted by molar-refractivity contribution is 5.85. The van der Waals surface area contributed by atoms with E-state index in [1.165, 1.54) is 18.2 Å². The summed E-state index contributed by atoms with van der Waals surface area (Å²) in [5.74, 6) is -0.193. The second kappa shape index (κ2) is 11.3. The van der Waals surface area contributed by atoms with Crippen molar-refractivity contribution in [3.05, 3.63) is 59.7 Å². The van der Waals surface area contributed by atoms with Gasteiger partial charge in [0.15, 0.2) is 0 Å². The number of methoxy groups -OCH3 is 1. The fourth-order valence-electron chi connectivity index (χ4n) is 4.31. The molecule has 2 unspecified atom stereocenters. The molecule has 0 spiro atoms. The summed E-state index contributed by atoms with van der Waals surface area (Å²) >= 11 is 0. The number of aliphatic hydroxyl groups is 1. The first kappa shape index (κ1) is 27.8. The molecular formula is C24H30ClF3N2O4. The Morgan fingerprint density at radius 2 is 1.85 bits per heavy atom. The van der Waals surface area contributed by atoms with E-state index in [0.717, 1.165) is 5.56 Å². The predicted octanol–water partition coefficient (Wildman–Crippen LogP) is 3.86. The molecule has 1 N–H and O–H groups in total. The topological polar surface area (TPSA) is 62.2 Å². The van der Waals surface area contributed by atoms with Crippen LogP contribution in [0.25, 0.3) is 0 Å². The molecule has 1 fully saturated rings. The molecule has 10 heteroatoms. The average Bonchev–Trinajstić information content (AvgIpc) is 2.74. The summed E-state index contributed by atoms with van der Waals surface area (Å²) < 4.78 is 46.8. The van der Waals surface area contributed by atoms with Crippen LogP contribution in [0.1, 0.15) is 17.5 Å². The van der Waals surface area contributed by atoms with Gasteiger partial charge in [0.05, 0.1) is 19.1 Å². The van der Waals surface area contributed by atoms with Crippen molar-refractivity contribution in [2.45, 2.75) is 24.8 Å². The molecule has 2 atom stereocenters. The fourth-order valence-corrected chi connectivity index (χ4v) is 4.31. The lowest BCUT2D eigenvalue weighted by atomic mass is 9.75. The molecule has 3 rings (SSSR count). The molecule has 1 heterocycles. The monoisotopic (exact) mass is 502 g/mol. The average molecular weight is 503 g/mol. The quantitative estimate of drug-likeness (QED) is 0.623. The summed E-state index contributed by atoms with van der Waals surface area (Å²) in [6, 6.07) is 12.7. The number of hydrogen-bond donors (Lipinski definition) is 1. The van der Waals surface area contributed by atoms with Crippen LogP contribution in [0.15, 0.2) is 48.5 Å². The molecule has 1 aliphatic heterocycles. The maximum atomic E-state index is 13.0. The third-order valence-electron chi connectivity index (χ3n) is 5.87. The van der Waals surface area contributed by atoms with E-state index >= 15 is 0 Å². The molecule has 0 bridgehead atoms. The molecule has 1 amide bonds. The van der Waals surface area contributed by atoms with Crippen LogP contribution in [0.4, 0.5) is 13.2 Å². The summed E-state index contributed by atoms with van der Waals surface area (Å²) in [4.78, 5) is 16.6. The maximum Gasteiger partial charge on any atom is 0.573 e. The number of amides is 1. The smallest absolute Gasteiger partial charge is 0.497 e. The van der Waals surface area contributed by atoms with E-state index in [2.05, 4.69) is 4.74 Å². The van der Waals surface area contributed by atoms with Crippen molar-refractivity contribution >= 4 is 18.3 Å². The van der Waals surface area contributed by atoms with E-state index in [1.54, 1.807) is 18.1 Å². The van der Waals surface area contributed by atoms with E-state index in [1.807, 2.05) is 43.3 Å². The van der Waals surface area contributed by atoms with Gasteiger partial charge in [0, 0.05) is 25.6 Å². The molecule has 0 aliphatic carbocycles. The van der Waals surface area contributed by atoms with Crippen LogP contribution in [-0.2, 0) is 16.8 Å². The van der Waals surface area contributed by atoms with Gasteiger partial charge in [-0.2, -0.15) is 0 Å². The normalized spacial score (nSPS) is 20.6. The van der Waals surface area contributed by atoms with Crippen LogP contribution in [0, 0.1) is 5.92 Å². The zero-order valence-corrected chi connectivity index (χ0v) is 20.2. The zero-order valence-electron chi connectivity index (χ0n) is 19.3. The van der Waals surface area contributed by atoms with E-state index in [9.17, 15) is 23.1 Å². The van der Waals surface area contributed by atoms with Crippen LogP contribution in [0.3, 0.4) is 0 Å². The van der Waals surface area contributed by atoms with Crippen molar-refractivity contribution in [2.75, 3.05) is 40.8 Å². The van der Waals surface area contributed by atoms with Gasteiger partial charge in [0.25, 0.3) is 0 Å². The minimum Gasteiger partial charge on any atom is -0.497 e. The van der Waals surface area contributed by atoms with E-state index in [-0.39, 0.29) is 36.4 Å². The van der Waals surface area contributed by atoms with E-state index < -0.39 is 12.0 Å². The standard InChI is InChI=1S/C24H29F3N2O4.ClH/c1-28(2)15-19-16-29(11-10-23(19,31)18-7-5-8-20(14-18)32-3)22(30)13-17-6-4-9-21(12-17)33-24(25,26)27;/h4-9,12,14,19,31H,10-11,13,15-16H2,1-3H3;1H. The Labute approximate surface area is 203 Å². The number of hydrogen-bond acceptors (Lipinski definition) is 5. The minimum absolute atomic E-state index is 0. The first-order valence-electron chi connectivity index (χ1n) is 10.6. The zero-order chi connectivity index (χ0) is 24.2. The lowest BCUT2D eigenvalue weighted by molar-refractivity contribution is -0.274. The third kappa shape index (κ3) is 7.01. The molecule has 2 aromatic carbocycles. The Morgan fingerprint density at radius 1 is 1.18 bits per heavy atom. The molecular weight excluding hydrogens is 473 g/mol. The van der Waals surface area contributed by atoms with Gasteiger partial charge in [-0.1, -0.05) is 24.3 Å². The van der Waals surface area contributed by atoms with E-state index in [0.29, 0.717) is 37.4 Å². The largest absolute Gasteiger partial charge is 0.573 e. The molecule has 1 saturated heterocycles. The Morgan fingerprint density at radius 3 is 2.50 bits per heavy atom. The van der Waals surface area contributed by atoms with Crippen LogP contribution in [0.2, 0.25) is 0 Å². The SMILES string of the molecule is COc1cccc(C2(O)CCN(C(=O)Cc3cccc(OC(F)(F)F)c3)CC2CN(C)C)c1.Cl. The Bertz CT molecular complexity index is 973. The van der Waals surface area contributed by atoms with Crippen molar-refractivity contribution in [1.82, 2.24) is 9.80 Å². The lowest BCUT2D eigenvalue weighted by Crippen LogP contribution is -2.54. The van der Waals surface area contributed by atoms with Crippen molar-refractivity contribution in [1.29, 1.82) is 0 Å². The Balaban J connectivity index is 0.00000408. The summed E-state index contributed by atoms with van der Waals surface area (Å²) in [6.07, 6.45) is -4.51. The van der Waals surface area contributed by atoms with Gasteiger partial charge in [0.1, 0.15) is 11.5 Å². The van der Waals surface area contributed by atoms with Gasteiger partial charge < -0.3 is 24.4 Å². The first-order chi connectivity index (χ1) is 15.5. The second-order valence-electron chi connectivity index (χ2n) is 8.58. The van der Waals surface area contributed by atoms with E-state index in [4.69, 9.17) is 4.74 Å². The fraction of sp³-hybridized carbons (Fsp3) is 0.458. The molecule has 0 radical (unpaired) electrons. The van der Waals surface area contributed by atoms with Gasteiger partial charge >= 0.3 is 6.36 Å². The van der Waals surface area contributed by atoms with Crippen molar-refractivity contribution in [3.63, 3.8) is 0 Å². The molecule has 0 saturated carbocycles. The number of carbonyl (C=O) groups excluding carboxylic acids is 1. The number of nitrogens with zero attached hydrogens (tertiary/aromatic N) is 2. The number of rotatable bonds is 7. The van der Waals surface area contributed by atoms with Crippen LogP contribution in [-0.4, -0.2) is 68.0 Å².